The van der Waals surface area contributed by atoms with E-state index in [1.807, 2.05) is 0 Å². The summed E-state index contributed by atoms with van der Waals surface area (Å²) >= 11 is 0. The van der Waals surface area contributed by atoms with Crippen LogP contribution in [0, 0.1) is 17.5 Å². The maximum Gasteiger partial charge on any atom is 0.325 e. The average Bonchev–Trinajstić information content (AvgIpc) is 2.49. The van der Waals surface area contributed by atoms with Gasteiger partial charge in [0, 0.05) is 6.04 Å². The molecule has 1 aromatic carbocycles. The largest absolute Gasteiger partial charge is 0.480 e. The number of nitrogens with two attached hydrogens (primary N) is 1. The van der Waals surface area contributed by atoms with E-state index in [9.17, 15) is 18.0 Å². The molecule has 0 aromatic heterocycles. The van der Waals surface area contributed by atoms with Gasteiger partial charge in [-0.25, -0.2) is 13.2 Å². The monoisotopic (exact) mass is 318 g/mol. The quantitative estimate of drug-likeness (QED) is 0.748. The van der Waals surface area contributed by atoms with Crippen LogP contribution >= 0.6 is 0 Å². The van der Waals surface area contributed by atoms with E-state index in [1.165, 1.54) is 39.0 Å². The summed E-state index contributed by atoms with van der Waals surface area (Å²) in [4.78, 5) is 10.4. The number of hydrogen-bond acceptors (Lipinski definition) is 3. The van der Waals surface area contributed by atoms with Crippen molar-refractivity contribution in [2.75, 3.05) is 5.32 Å². The van der Waals surface area contributed by atoms with Gasteiger partial charge in [-0.05, 0) is 31.9 Å². The molecule has 7 heteroatoms. The summed E-state index contributed by atoms with van der Waals surface area (Å²) in [5, 5.41) is 10.7. The molecule has 1 aromatic rings. The highest BCUT2D eigenvalue weighted by Gasteiger charge is 2.17. The van der Waals surface area contributed by atoms with E-state index >= 15 is 0 Å². The zero-order valence-electron chi connectivity index (χ0n) is 12.4. The van der Waals surface area contributed by atoms with Crippen LogP contribution in [0.15, 0.2) is 12.1 Å². The van der Waals surface area contributed by atoms with E-state index in [4.69, 9.17) is 10.8 Å². The molecule has 1 saturated carbocycles. The molecule has 1 unspecified atom stereocenters. The van der Waals surface area contributed by atoms with Crippen LogP contribution in [-0.2, 0) is 4.79 Å². The lowest BCUT2D eigenvalue weighted by Crippen LogP contribution is -2.26. The topological polar surface area (TPSA) is 75.3 Å². The van der Waals surface area contributed by atoms with Crippen LogP contribution in [0.2, 0.25) is 0 Å². The molecule has 0 spiro atoms. The van der Waals surface area contributed by atoms with Crippen molar-refractivity contribution in [3.05, 3.63) is 29.6 Å². The summed E-state index contributed by atoms with van der Waals surface area (Å²) in [6.45, 7) is 1.25. The van der Waals surface area contributed by atoms with Crippen molar-refractivity contribution in [3.8, 4) is 0 Å². The van der Waals surface area contributed by atoms with Crippen LogP contribution in [-0.4, -0.2) is 23.2 Å². The molecule has 22 heavy (non-hydrogen) atoms. The molecule has 1 atom stereocenters. The van der Waals surface area contributed by atoms with Crippen molar-refractivity contribution < 1.29 is 23.1 Å². The van der Waals surface area contributed by atoms with Gasteiger partial charge in [-0.3, -0.25) is 4.79 Å². The zero-order valence-corrected chi connectivity index (χ0v) is 12.4. The Kier molecular flexibility index (Phi) is 7.17. The number of carboxylic acids is 1. The first-order valence-electron chi connectivity index (χ1n) is 7.21. The average molecular weight is 318 g/mol. The second-order valence-corrected chi connectivity index (χ2v) is 5.33. The van der Waals surface area contributed by atoms with Crippen LogP contribution in [0.1, 0.15) is 39.0 Å². The first kappa shape index (κ1) is 18.3. The molecule has 0 bridgehead atoms. The van der Waals surface area contributed by atoms with Gasteiger partial charge >= 0.3 is 5.97 Å². The van der Waals surface area contributed by atoms with Gasteiger partial charge in [-0.2, -0.15) is 0 Å². The van der Waals surface area contributed by atoms with E-state index in [0.29, 0.717) is 6.04 Å². The Morgan fingerprint density at radius 1 is 1.23 bits per heavy atom. The second-order valence-electron chi connectivity index (χ2n) is 5.33. The molecule has 0 heterocycles. The fraction of sp³-hybridized carbons (Fsp3) is 0.533. The standard InChI is InChI=1S/C9H8F3NO2.C6H13N/c1-4(9(14)15)13-6-3-2-5(10)7(11)8(6)12;7-6-4-2-1-3-5-6/h2-4,13H,1H3,(H,14,15);6H,1-5,7H2. The Labute approximate surface area is 127 Å². The van der Waals surface area contributed by atoms with Crippen LogP contribution in [0.5, 0.6) is 0 Å². The summed E-state index contributed by atoms with van der Waals surface area (Å²) in [5.74, 6) is -5.60. The third-order valence-electron chi connectivity index (χ3n) is 3.43. The summed E-state index contributed by atoms with van der Waals surface area (Å²) in [6, 6.07) is 1.10. The molecule has 0 saturated heterocycles. The van der Waals surface area contributed by atoms with Crippen molar-refractivity contribution in [2.45, 2.75) is 51.1 Å². The Morgan fingerprint density at radius 2 is 1.82 bits per heavy atom. The van der Waals surface area contributed by atoms with Gasteiger partial charge in [0.1, 0.15) is 6.04 Å². The molecule has 2 rings (SSSR count). The number of benzene rings is 1. The van der Waals surface area contributed by atoms with Gasteiger partial charge in [0.15, 0.2) is 17.5 Å². The first-order valence-corrected chi connectivity index (χ1v) is 7.21. The van der Waals surface area contributed by atoms with Crippen LogP contribution in [0.25, 0.3) is 0 Å². The highest BCUT2D eigenvalue weighted by molar-refractivity contribution is 5.76. The van der Waals surface area contributed by atoms with E-state index in [0.717, 1.165) is 12.1 Å². The number of aliphatic carboxylic acids is 1. The number of nitrogens with one attached hydrogen (secondary N) is 1. The van der Waals surface area contributed by atoms with Gasteiger partial charge < -0.3 is 16.2 Å². The minimum Gasteiger partial charge on any atom is -0.480 e. The highest BCUT2D eigenvalue weighted by atomic mass is 19.2. The van der Waals surface area contributed by atoms with Crippen LogP contribution < -0.4 is 11.1 Å². The molecular weight excluding hydrogens is 297 g/mol. The Hall–Kier alpha value is -1.76. The van der Waals surface area contributed by atoms with Gasteiger partial charge in [-0.1, -0.05) is 19.3 Å². The van der Waals surface area contributed by atoms with E-state index in [2.05, 4.69) is 5.32 Å². The normalized spacial score (nSPS) is 16.4. The van der Waals surface area contributed by atoms with Gasteiger partial charge in [-0.15, -0.1) is 0 Å². The Morgan fingerprint density at radius 3 is 2.27 bits per heavy atom. The molecule has 0 radical (unpaired) electrons. The number of anilines is 1. The summed E-state index contributed by atoms with van der Waals surface area (Å²) in [7, 11) is 0. The molecular formula is C15H21F3N2O2. The number of carbonyl (C=O) groups is 1. The smallest absolute Gasteiger partial charge is 0.325 e. The fourth-order valence-corrected chi connectivity index (χ4v) is 2.07. The SMILES string of the molecule is CC(Nc1ccc(F)c(F)c1F)C(=O)O.NC1CCCCC1. The third-order valence-corrected chi connectivity index (χ3v) is 3.43. The molecule has 1 aliphatic rings. The van der Waals surface area contributed by atoms with Crippen LogP contribution in [0.4, 0.5) is 18.9 Å². The van der Waals surface area contributed by atoms with E-state index in [-0.39, 0.29) is 5.69 Å². The summed E-state index contributed by atoms with van der Waals surface area (Å²) < 4.78 is 38.2. The molecule has 0 amide bonds. The first-order chi connectivity index (χ1) is 10.3. The predicted molar refractivity (Wildman–Crippen MR) is 78.1 cm³/mol. The molecule has 1 fully saturated rings. The zero-order chi connectivity index (χ0) is 16.7. The van der Waals surface area contributed by atoms with Crippen molar-refractivity contribution in [2.24, 2.45) is 5.73 Å². The lowest BCUT2D eigenvalue weighted by atomic mass is 9.97. The molecule has 4 N–H and O–H groups in total. The Balaban J connectivity index is 0.000000287. The van der Waals surface area contributed by atoms with Crippen LogP contribution in [0.3, 0.4) is 0 Å². The van der Waals surface area contributed by atoms with Gasteiger partial charge in [0.25, 0.3) is 0 Å². The van der Waals surface area contributed by atoms with Crippen molar-refractivity contribution in [3.63, 3.8) is 0 Å². The lowest BCUT2D eigenvalue weighted by Gasteiger charge is -2.15. The minimum absolute atomic E-state index is 0.385. The second kappa shape index (κ2) is 8.63. The predicted octanol–water partition coefficient (Wildman–Crippen LogP) is 3.27. The minimum atomic E-state index is -1.63. The number of carboxylic acid groups (broad SMARTS) is 1. The number of rotatable bonds is 3. The molecule has 4 nitrogen and oxygen atoms in total. The van der Waals surface area contributed by atoms with E-state index in [1.54, 1.807) is 0 Å². The van der Waals surface area contributed by atoms with Gasteiger partial charge in [0.05, 0.1) is 5.69 Å². The highest BCUT2D eigenvalue weighted by Crippen LogP contribution is 2.20. The maximum atomic E-state index is 13.0. The fourth-order valence-electron chi connectivity index (χ4n) is 2.07. The summed E-state index contributed by atoms with van der Waals surface area (Å²) in [6.07, 6.45) is 6.66. The third kappa shape index (κ3) is 5.55. The van der Waals surface area contributed by atoms with Gasteiger partial charge in [0.2, 0.25) is 0 Å². The molecule has 0 aliphatic heterocycles. The van der Waals surface area contributed by atoms with Crippen molar-refractivity contribution in [1.82, 2.24) is 0 Å². The maximum absolute atomic E-state index is 13.0. The summed E-state index contributed by atoms with van der Waals surface area (Å²) in [5.41, 5.74) is 5.25. The van der Waals surface area contributed by atoms with Crippen molar-refractivity contribution in [1.29, 1.82) is 0 Å². The lowest BCUT2D eigenvalue weighted by molar-refractivity contribution is -0.137. The van der Waals surface area contributed by atoms with E-state index < -0.39 is 29.5 Å². The van der Waals surface area contributed by atoms with Crippen molar-refractivity contribution >= 4 is 11.7 Å². The Bertz CT molecular complexity index is 506. The molecule has 124 valence electrons. The molecule has 1 aliphatic carbocycles. The number of halogens is 3. The number of hydrogen-bond donors (Lipinski definition) is 3.